The molecule has 4 aromatic heterocycles. The monoisotopic (exact) mass is 746 g/mol. The summed E-state index contributed by atoms with van der Waals surface area (Å²) in [7, 11) is 0. The highest BCUT2D eigenvalue weighted by Gasteiger charge is 2.28. The number of nitrogens with zero attached hydrogens (tertiary/aromatic N) is 4. The van der Waals surface area contributed by atoms with E-state index >= 15 is 0 Å². The van der Waals surface area contributed by atoms with Gasteiger partial charge in [-0.25, -0.2) is 0 Å². The number of hydrogen-bond acceptors (Lipinski definition) is 1. The van der Waals surface area contributed by atoms with Gasteiger partial charge in [0.2, 0.25) is 0 Å². The average molecular weight is 747 g/mol. The fourth-order valence-corrected chi connectivity index (χ4v) is 9.82. The summed E-state index contributed by atoms with van der Waals surface area (Å²) in [6.07, 6.45) is 13.8. The van der Waals surface area contributed by atoms with Crippen LogP contribution in [0.25, 0.3) is 83.6 Å². The van der Waals surface area contributed by atoms with Gasteiger partial charge in [-0.2, -0.15) is 0 Å². The van der Waals surface area contributed by atoms with E-state index in [1.807, 2.05) is 12.1 Å². The van der Waals surface area contributed by atoms with Crippen molar-refractivity contribution < 1.29 is 4.79 Å². The second kappa shape index (κ2) is 12.8. The number of Topliss-reactive ketones (excluding diaryl/α,β-unsaturated/α-hetero) is 1. The molecule has 2 aliphatic carbocycles. The number of aromatic nitrogens is 4. The Morgan fingerprint density at radius 2 is 0.983 bits per heavy atom. The summed E-state index contributed by atoms with van der Waals surface area (Å²) >= 11 is 0. The van der Waals surface area contributed by atoms with Gasteiger partial charge in [0.05, 0.1) is 38.6 Å². The fraction of sp³-hybridized carbons (Fsp3) is 0.0755. The summed E-state index contributed by atoms with van der Waals surface area (Å²) in [6.45, 7) is 0. The molecule has 0 spiro atoms. The van der Waals surface area contributed by atoms with E-state index in [4.69, 9.17) is 0 Å². The molecule has 276 valence electrons. The van der Waals surface area contributed by atoms with Crippen molar-refractivity contribution in [3.05, 3.63) is 199 Å². The zero-order chi connectivity index (χ0) is 38.3. The molecule has 0 radical (unpaired) electrons. The largest absolute Gasteiger partial charge is 0.311 e. The summed E-state index contributed by atoms with van der Waals surface area (Å²) in [5.41, 5.74) is 16.1. The molecule has 0 saturated heterocycles. The second-order valence-electron chi connectivity index (χ2n) is 15.5. The Hall–Kier alpha value is -7.37. The van der Waals surface area contributed by atoms with Crippen LogP contribution in [0.3, 0.4) is 0 Å². The van der Waals surface area contributed by atoms with Gasteiger partial charge in [-0.05, 0) is 92.1 Å². The Morgan fingerprint density at radius 3 is 1.55 bits per heavy atom. The molecular formula is C53H38N4O. The highest BCUT2D eigenvalue weighted by Crippen LogP contribution is 2.43. The van der Waals surface area contributed by atoms with Crippen LogP contribution in [0.4, 0.5) is 0 Å². The number of benzene rings is 6. The topological polar surface area (TPSA) is 36.8 Å². The highest BCUT2D eigenvalue weighted by atomic mass is 16.1. The summed E-state index contributed by atoms with van der Waals surface area (Å²) in [6, 6.07) is 55.6. The Labute approximate surface area is 335 Å². The van der Waals surface area contributed by atoms with Crippen molar-refractivity contribution in [2.24, 2.45) is 5.92 Å². The van der Waals surface area contributed by atoms with Crippen molar-refractivity contribution in [2.45, 2.75) is 19.3 Å². The lowest BCUT2D eigenvalue weighted by molar-refractivity contribution is 0.0945. The third kappa shape index (κ3) is 4.74. The molecule has 6 aromatic carbocycles. The van der Waals surface area contributed by atoms with E-state index in [2.05, 4.69) is 194 Å². The maximum Gasteiger partial charge on any atom is 0.170 e. The number of carbonyl (C=O) groups excluding carboxylic acids is 1. The van der Waals surface area contributed by atoms with Crippen LogP contribution in [0, 0.1) is 5.92 Å². The van der Waals surface area contributed by atoms with Gasteiger partial charge in [-0.1, -0.05) is 115 Å². The van der Waals surface area contributed by atoms with Crippen LogP contribution in [0.2, 0.25) is 0 Å². The fourth-order valence-electron chi connectivity index (χ4n) is 9.82. The van der Waals surface area contributed by atoms with Gasteiger partial charge in [-0.15, -0.1) is 0 Å². The van der Waals surface area contributed by atoms with E-state index in [1.165, 1.54) is 60.7 Å². The third-order valence-corrected chi connectivity index (χ3v) is 12.3. The van der Waals surface area contributed by atoms with Gasteiger partial charge in [0.1, 0.15) is 0 Å². The molecule has 4 heterocycles. The minimum atomic E-state index is -0.238. The molecule has 5 nitrogen and oxygen atoms in total. The number of carbonyl (C=O) groups is 1. The minimum Gasteiger partial charge on any atom is -0.311 e. The average Bonchev–Trinajstić information content (AvgIpc) is 4.02. The standard InChI is InChI=1S/C53H38N4O/c58-53(35-27-31-39(32-28-35)56-47-25-13-9-21-43(47)49-51(56)41-19-7-11-23-45(41)54(49)37-15-3-1-4-16-37)36-29-33-40(34-30-36)57-48-26-14-10-22-44(48)50-52(57)42-20-8-12-24-46(42)55(50)38-17-5-2-6-18-38/h1-11,13-23,25-29,31-34,36H,12,24,30H2. The molecule has 12 rings (SSSR count). The molecule has 1 unspecified atom stereocenters. The number of rotatable bonds is 6. The highest BCUT2D eigenvalue weighted by molar-refractivity contribution is 6.20. The second-order valence-corrected chi connectivity index (χ2v) is 15.5. The number of fused-ring (bicyclic) bond motifs is 10. The summed E-state index contributed by atoms with van der Waals surface area (Å²) in [5.74, 6) is -0.100. The first-order valence-corrected chi connectivity index (χ1v) is 20.2. The predicted molar refractivity (Wildman–Crippen MR) is 240 cm³/mol. The van der Waals surface area contributed by atoms with Crippen LogP contribution >= 0.6 is 0 Å². The first-order chi connectivity index (χ1) is 28.7. The van der Waals surface area contributed by atoms with E-state index < -0.39 is 0 Å². The molecule has 1 atom stereocenters. The van der Waals surface area contributed by atoms with Gasteiger partial charge < -0.3 is 18.3 Å². The van der Waals surface area contributed by atoms with E-state index in [1.54, 1.807) is 0 Å². The molecule has 0 fully saturated rings. The number of para-hydroxylation sites is 5. The maximum absolute atomic E-state index is 14.2. The number of allylic oxidation sites excluding steroid dienone is 5. The quantitative estimate of drug-likeness (QED) is 0.156. The molecule has 2 aliphatic rings. The molecule has 0 N–H and O–H groups in total. The van der Waals surface area contributed by atoms with E-state index in [0.29, 0.717) is 6.42 Å². The Balaban J connectivity index is 0.911. The van der Waals surface area contributed by atoms with Gasteiger partial charge in [0.15, 0.2) is 5.78 Å². The van der Waals surface area contributed by atoms with Crippen LogP contribution in [0.1, 0.15) is 34.5 Å². The van der Waals surface area contributed by atoms with Crippen molar-refractivity contribution >= 4 is 72.3 Å². The van der Waals surface area contributed by atoms with E-state index in [9.17, 15) is 4.79 Å². The van der Waals surface area contributed by atoms with Crippen LogP contribution in [-0.4, -0.2) is 24.1 Å². The summed E-state index contributed by atoms with van der Waals surface area (Å²) in [5, 5.41) is 3.61. The first-order valence-electron chi connectivity index (χ1n) is 20.2. The van der Waals surface area contributed by atoms with Crippen molar-refractivity contribution in [2.75, 3.05) is 0 Å². The molecule has 0 aliphatic heterocycles. The first kappa shape index (κ1) is 32.8. The lowest BCUT2D eigenvalue weighted by Gasteiger charge is -2.18. The molecule has 0 saturated carbocycles. The van der Waals surface area contributed by atoms with Crippen LogP contribution < -0.4 is 0 Å². The molecular weight excluding hydrogens is 709 g/mol. The molecule has 0 bridgehead atoms. The Kier molecular flexibility index (Phi) is 7.27. The zero-order valence-corrected chi connectivity index (χ0v) is 31.8. The van der Waals surface area contributed by atoms with Gasteiger partial charge >= 0.3 is 0 Å². The molecule has 10 aromatic rings. The lowest BCUT2D eigenvalue weighted by atomic mass is 9.91. The maximum atomic E-state index is 14.2. The smallest absolute Gasteiger partial charge is 0.170 e. The normalized spacial score (nSPS) is 15.2. The lowest BCUT2D eigenvalue weighted by Crippen LogP contribution is -2.15. The number of ketones is 1. The van der Waals surface area contributed by atoms with Crippen LogP contribution in [0.15, 0.2) is 182 Å². The van der Waals surface area contributed by atoms with Crippen molar-refractivity contribution in [3.63, 3.8) is 0 Å². The van der Waals surface area contributed by atoms with Crippen LogP contribution in [0.5, 0.6) is 0 Å². The summed E-state index contributed by atoms with van der Waals surface area (Å²) < 4.78 is 9.63. The van der Waals surface area contributed by atoms with E-state index in [-0.39, 0.29) is 11.7 Å². The van der Waals surface area contributed by atoms with Crippen molar-refractivity contribution in [3.8, 4) is 17.1 Å². The Morgan fingerprint density at radius 1 is 0.483 bits per heavy atom. The van der Waals surface area contributed by atoms with Gasteiger partial charge in [0, 0.05) is 61.7 Å². The van der Waals surface area contributed by atoms with Crippen molar-refractivity contribution in [1.29, 1.82) is 0 Å². The van der Waals surface area contributed by atoms with Gasteiger partial charge in [-0.3, -0.25) is 4.79 Å². The minimum absolute atomic E-state index is 0.138. The predicted octanol–water partition coefficient (Wildman–Crippen LogP) is 12.9. The van der Waals surface area contributed by atoms with E-state index in [0.717, 1.165) is 46.5 Å². The zero-order valence-electron chi connectivity index (χ0n) is 31.8. The Bertz CT molecular complexity index is 3360. The molecule has 58 heavy (non-hydrogen) atoms. The molecule has 0 amide bonds. The number of hydrogen-bond donors (Lipinski definition) is 0. The van der Waals surface area contributed by atoms with Gasteiger partial charge in [0.25, 0.3) is 0 Å². The van der Waals surface area contributed by atoms with Crippen molar-refractivity contribution in [1.82, 2.24) is 18.3 Å². The third-order valence-electron chi connectivity index (χ3n) is 12.3. The SMILES string of the molecule is O=C(c1ccc(-n2c3ccccc3c3c2c2ccccc2n3-c2ccccc2)cc1)C1C=CC(n2c3ccccc3c3c2c2c(n3-c3ccccc3)CCC=C2)=CC1. The molecule has 5 heteroatoms. The van der Waals surface area contributed by atoms with Crippen LogP contribution in [-0.2, 0) is 6.42 Å². The summed E-state index contributed by atoms with van der Waals surface area (Å²) in [4.78, 5) is 14.2.